The molecule has 0 bridgehead atoms. The average Bonchev–Trinajstić information content (AvgIpc) is 2.62. The molecule has 1 aliphatic rings. The van der Waals surface area contributed by atoms with Crippen LogP contribution in [-0.4, -0.2) is 51.9 Å². The Morgan fingerprint density at radius 1 is 1.35 bits per heavy atom. The fourth-order valence-corrected chi connectivity index (χ4v) is 1.94. The third kappa shape index (κ3) is 3.01. The molecule has 0 amide bonds. The summed E-state index contributed by atoms with van der Waals surface area (Å²) in [5.41, 5.74) is -0.0984. The van der Waals surface area contributed by atoms with Gasteiger partial charge in [-0.05, 0) is 26.0 Å². The van der Waals surface area contributed by atoms with Gasteiger partial charge >= 0.3 is 0 Å². The maximum absolute atomic E-state index is 5.12. The van der Waals surface area contributed by atoms with Crippen LogP contribution >= 0.6 is 0 Å². The van der Waals surface area contributed by atoms with Crippen LogP contribution in [0, 0.1) is 5.92 Å². The number of ether oxygens (including phenoxy) is 1. The first-order chi connectivity index (χ1) is 7.99. The van der Waals surface area contributed by atoms with Crippen molar-refractivity contribution in [2.24, 2.45) is 5.92 Å². The summed E-state index contributed by atoms with van der Waals surface area (Å²) in [4.78, 5) is 3.99. The van der Waals surface area contributed by atoms with Gasteiger partial charge in [0.05, 0.1) is 18.7 Å². The Bertz CT molecular complexity index is 364. The number of tetrazole rings is 1. The second-order valence-corrected chi connectivity index (χ2v) is 5.68. The van der Waals surface area contributed by atoms with Crippen LogP contribution in [0.15, 0.2) is 0 Å². The maximum Gasteiger partial charge on any atom is 0.188 e. The molecule has 0 N–H and O–H groups in total. The predicted octanol–water partition coefficient (Wildman–Crippen LogP) is 0.506. The molecule has 6 heteroatoms. The molecule has 2 rings (SSSR count). The lowest BCUT2D eigenvalue weighted by Gasteiger charge is -2.37. The lowest BCUT2D eigenvalue weighted by atomic mass is 10.0. The molecular formula is C11H21N5O. The van der Waals surface area contributed by atoms with Gasteiger partial charge in [-0.25, -0.2) is 0 Å². The minimum atomic E-state index is -0.0984. The van der Waals surface area contributed by atoms with Gasteiger partial charge in [-0.2, -0.15) is 4.80 Å². The minimum Gasteiger partial charge on any atom is -0.384 e. The molecule has 1 fully saturated rings. The monoisotopic (exact) mass is 239 g/mol. The van der Waals surface area contributed by atoms with Gasteiger partial charge in [-0.1, -0.05) is 0 Å². The van der Waals surface area contributed by atoms with Crippen molar-refractivity contribution in [3.63, 3.8) is 0 Å². The van der Waals surface area contributed by atoms with Gasteiger partial charge in [0.1, 0.15) is 0 Å². The number of likely N-dealkylation sites (tertiary alicyclic amines) is 1. The van der Waals surface area contributed by atoms with E-state index in [2.05, 4.69) is 41.1 Å². The Hall–Kier alpha value is -1.01. The molecule has 2 heterocycles. The van der Waals surface area contributed by atoms with E-state index >= 15 is 0 Å². The quantitative estimate of drug-likeness (QED) is 0.766. The van der Waals surface area contributed by atoms with E-state index in [1.165, 1.54) is 0 Å². The molecule has 17 heavy (non-hydrogen) atoms. The standard InChI is InChI=1S/C11H21N5O/c1-11(2,3)16-13-10(12-14-16)7-15-5-9(6-15)8-17-4/h9H,5-8H2,1-4H3. The van der Waals surface area contributed by atoms with Crippen molar-refractivity contribution in [2.45, 2.75) is 32.9 Å². The van der Waals surface area contributed by atoms with Gasteiger partial charge in [0.25, 0.3) is 0 Å². The molecule has 0 aromatic carbocycles. The average molecular weight is 239 g/mol. The molecule has 0 spiro atoms. The summed E-state index contributed by atoms with van der Waals surface area (Å²) in [7, 11) is 1.75. The third-order valence-corrected chi connectivity index (χ3v) is 2.86. The predicted molar refractivity (Wildman–Crippen MR) is 63.5 cm³/mol. The summed E-state index contributed by atoms with van der Waals surface area (Å²) < 4.78 is 5.12. The molecular weight excluding hydrogens is 218 g/mol. The fraction of sp³-hybridized carbons (Fsp3) is 0.909. The third-order valence-electron chi connectivity index (χ3n) is 2.86. The lowest BCUT2D eigenvalue weighted by Crippen LogP contribution is -2.48. The Morgan fingerprint density at radius 2 is 2.06 bits per heavy atom. The number of hydrogen-bond acceptors (Lipinski definition) is 5. The molecule has 0 saturated carbocycles. The first kappa shape index (κ1) is 12.4. The van der Waals surface area contributed by atoms with Crippen molar-refractivity contribution in [2.75, 3.05) is 26.8 Å². The summed E-state index contributed by atoms with van der Waals surface area (Å²) in [6.45, 7) is 9.97. The van der Waals surface area contributed by atoms with Crippen LogP contribution in [-0.2, 0) is 16.8 Å². The van der Waals surface area contributed by atoms with Crippen molar-refractivity contribution >= 4 is 0 Å². The van der Waals surface area contributed by atoms with E-state index in [0.717, 1.165) is 32.1 Å². The summed E-state index contributed by atoms with van der Waals surface area (Å²) in [6.07, 6.45) is 0. The molecule has 0 aliphatic carbocycles. The SMILES string of the molecule is COCC1CN(Cc2nnn(C(C)(C)C)n2)C1. The molecule has 96 valence electrons. The van der Waals surface area contributed by atoms with Gasteiger partial charge in [0, 0.05) is 26.1 Å². The topological polar surface area (TPSA) is 56.1 Å². The van der Waals surface area contributed by atoms with Crippen molar-refractivity contribution in [3.8, 4) is 0 Å². The Labute approximate surface area is 102 Å². The van der Waals surface area contributed by atoms with Gasteiger partial charge in [0.2, 0.25) is 0 Å². The molecule has 1 aliphatic heterocycles. The number of rotatable bonds is 4. The van der Waals surface area contributed by atoms with E-state index in [9.17, 15) is 0 Å². The Balaban J connectivity index is 1.83. The second-order valence-electron chi connectivity index (χ2n) is 5.68. The summed E-state index contributed by atoms with van der Waals surface area (Å²) in [5, 5.41) is 12.6. The van der Waals surface area contributed by atoms with E-state index in [1.54, 1.807) is 11.9 Å². The molecule has 0 atom stereocenters. The zero-order valence-corrected chi connectivity index (χ0v) is 11.1. The largest absolute Gasteiger partial charge is 0.384 e. The first-order valence-electron chi connectivity index (χ1n) is 5.99. The molecule has 0 radical (unpaired) electrons. The van der Waals surface area contributed by atoms with Crippen molar-refractivity contribution in [1.82, 2.24) is 25.1 Å². The lowest BCUT2D eigenvalue weighted by molar-refractivity contribution is 0.0276. The highest BCUT2D eigenvalue weighted by Gasteiger charge is 2.28. The van der Waals surface area contributed by atoms with Gasteiger partial charge in [0.15, 0.2) is 5.82 Å². The summed E-state index contributed by atoms with van der Waals surface area (Å²) >= 11 is 0. The van der Waals surface area contributed by atoms with Crippen LogP contribution in [0.3, 0.4) is 0 Å². The van der Waals surface area contributed by atoms with E-state index in [1.807, 2.05) is 0 Å². The first-order valence-corrected chi connectivity index (χ1v) is 5.99. The normalized spacial score (nSPS) is 18.4. The smallest absolute Gasteiger partial charge is 0.188 e. The van der Waals surface area contributed by atoms with Crippen LogP contribution in [0.5, 0.6) is 0 Å². The number of hydrogen-bond donors (Lipinski definition) is 0. The van der Waals surface area contributed by atoms with Crippen molar-refractivity contribution in [3.05, 3.63) is 5.82 Å². The van der Waals surface area contributed by atoms with E-state index in [4.69, 9.17) is 4.74 Å². The highest BCUT2D eigenvalue weighted by atomic mass is 16.5. The maximum atomic E-state index is 5.12. The van der Waals surface area contributed by atoms with Crippen molar-refractivity contribution in [1.29, 1.82) is 0 Å². The molecule has 6 nitrogen and oxygen atoms in total. The highest BCUT2D eigenvalue weighted by molar-refractivity contribution is 4.86. The molecule has 1 saturated heterocycles. The van der Waals surface area contributed by atoms with Crippen LogP contribution in [0.2, 0.25) is 0 Å². The van der Waals surface area contributed by atoms with Crippen LogP contribution in [0.25, 0.3) is 0 Å². The molecule has 1 aromatic rings. The van der Waals surface area contributed by atoms with Crippen LogP contribution in [0.1, 0.15) is 26.6 Å². The number of nitrogens with zero attached hydrogens (tertiary/aromatic N) is 5. The zero-order valence-electron chi connectivity index (χ0n) is 11.1. The van der Waals surface area contributed by atoms with Crippen LogP contribution < -0.4 is 0 Å². The number of aromatic nitrogens is 4. The van der Waals surface area contributed by atoms with E-state index in [-0.39, 0.29) is 5.54 Å². The fourth-order valence-electron chi connectivity index (χ4n) is 1.94. The van der Waals surface area contributed by atoms with Gasteiger partial charge in [-0.15, -0.1) is 10.2 Å². The van der Waals surface area contributed by atoms with Gasteiger partial charge < -0.3 is 4.74 Å². The Morgan fingerprint density at radius 3 is 2.59 bits per heavy atom. The van der Waals surface area contributed by atoms with E-state index in [0.29, 0.717) is 5.92 Å². The van der Waals surface area contributed by atoms with Gasteiger partial charge in [-0.3, -0.25) is 4.90 Å². The highest BCUT2D eigenvalue weighted by Crippen LogP contribution is 2.17. The van der Waals surface area contributed by atoms with E-state index < -0.39 is 0 Å². The zero-order chi connectivity index (χ0) is 12.5. The Kier molecular flexibility index (Phi) is 3.44. The number of methoxy groups -OCH3 is 1. The molecule has 1 aromatic heterocycles. The summed E-state index contributed by atoms with van der Waals surface area (Å²) in [6, 6.07) is 0. The van der Waals surface area contributed by atoms with Crippen molar-refractivity contribution < 1.29 is 4.74 Å². The summed E-state index contributed by atoms with van der Waals surface area (Å²) in [5.74, 6) is 1.47. The minimum absolute atomic E-state index is 0.0984. The molecule has 0 unspecified atom stereocenters. The second kappa shape index (κ2) is 4.70. The van der Waals surface area contributed by atoms with Crippen LogP contribution in [0.4, 0.5) is 0 Å².